The second kappa shape index (κ2) is 7.02. The molecule has 0 aliphatic carbocycles. The molecule has 1 N–H and O–H groups in total. The first-order valence-corrected chi connectivity index (χ1v) is 6.45. The smallest absolute Gasteiger partial charge is 0.338 e. The molecule has 1 aromatic carbocycles. The Hall–Kier alpha value is -1.92. The summed E-state index contributed by atoms with van der Waals surface area (Å²) in [4.78, 5) is 27.0. The third kappa shape index (κ3) is 4.32. The number of carbonyl (C=O) groups excluding carboxylic acids is 2. The molecule has 20 heavy (non-hydrogen) atoms. The van der Waals surface area contributed by atoms with Gasteiger partial charge in [-0.3, -0.25) is 4.79 Å². The van der Waals surface area contributed by atoms with Crippen molar-refractivity contribution in [2.45, 2.75) is 32.1 Å². The van der Waals surface area contributed by atoms with E-state index in [0.717, 1.165) is 6.42 Å². The van der Waals surface area contributed by atoms with Crippen LogP contribution in [-0.4, -0.2) is 30.9 Å². The lowest BCUT2D eigenvalue weighted by Gasteiger charge is -2.14. The van der Waals surface area contributed by atoms with Crippen LogP contribution >= 0.6 is 0 Å². The summed E-state index contributed by atoms with van der Waals surface area (Å²) in [7, 11) is 0. The van der Waals surface area contributed by atoms with E-state index in [1.807, 2.05) is 6.07 Å². The predicted octanol–water partition coefficient (Wildman–Crippen LogP) is 1.42. The number of nitrogens with one attached hydrogen (secondary N) is 1. The molecule has 0 spiro atoms. The molecule has 1 saturated heterocycles. The summed E-state index contributed by atoms with van der Waals surface area (Å²) in [6.07, 6.45) is 0.900. The molecule has 1 aromatic rings. The van der Waals surface area contributed by atoms with Gasteiger partial charge in [-0.15, -0.1) is 5.48 Å². The Morgan fingerprint density at radius 1 is 1.30 bits per heavy atom. The van der Waals surface area contributed by atoms with Gasteiger partial charge >= 0.3 is 11.9 Å². The van der Waals surface area contributed by atoms with Crippen molar-refractivity contribution < 1.29 is 23.9 Å². The van der Waals surface area contributed by atoms with E-state index >= 15 is 0 Å². The number of rotatable bonds is 5. The highest BCUT2D eigenvalue weighted by atomic mass is 16.7. The third-order valence-corrected chi connectivity index (χ3v) is 2.85. The standard InChI is InChI=1S/C14H17NO5/c1-10(16)20-15-13-8-7-12(19-13)9-18-14(17)11-5-3-2-4-6-11/h2-6,12-13,15H,7-9H2,1H3/t12-,13?/m0/s1. The number of carbonyl (C=O) groups is 2. The summed E-state index contributed by atoms with van der Waals surface area (Å²) >= 11 is 0. The molecule has 2 rings (SSSR count). The molecule has 1 aliphatic rings. The normalized spacial score (nSPS) is 21.4. The van der Waals surface area contributed by atoms with Crippen LogP contribution in [0.15, 0.2) is 30.3 Å². The molecule has 6 nitrogen and oxygen atoms in total. The Morgan fingerprint density at radius 2 is 2.05 bits per heavy atom. The molecule has 108 valence electrons. The molecule has 0 bridgehead atoms. The van der Waals surface area contributed by atoms with Gasteiger partial charge in [0.05, 0.1) is 11.7 Å². The first kappa shape index (κ1) is 14.5. The minimum Gasteiger partial charge on any atom is -0.459 e. The van der Waals surface area contributed by atoms with E-state index in [-0.39, 0.29) is 24.9 Å². The minimum atomic E-state index is -0.424. The number of hydroxylamine groups is 1. The van der Waals surface area contributed by atoms with Gasteiger partial charge in [0, 0.05) is 6.92 Å². The molecule has 2 atom stereocenters. The molecule has 0 radical (unpaired) electrons. The zero-order valence-electron chi connectivity index (χ0n) is 11.2. The second-order valence-corrected chi connectivity index (χ2v) is 4.50. The summed E-state index contributed by atoms with van der Waals surface area (Å²) in [5.41, 5.74) is 3.03. The van der Waals surface area contributed by atoms with Gasteiger partial charge in [0.25, 0.3) is 0 Å². The highest BCUT2D eigenvalue weighted by molar-refractivity contribution is 5.89. The van der Waals surface area contributed by atoms with Crippen LogP contribution in [0.25, 0.3) is 0 Å². The van der Waals surface area contributed by atoms with E-state index in [1.54, 1.807) is 24.3 Å². The maximum atomic E-state index is 11.7. The van der Waals surface area contributed by atoms with Crippen molar-refractivity contribution in [3.63, 3.8) is 0 Å². The Balaban J connectivity index is 1.70. The maximum absolute atomic E-state index is 11.7. The number of benzene rings is 1. The molecule has 6 heteroatoms. The summed E-state index contributed by atoms with van der Waals surface area (Å²) in [6.45, 7) is 1.49. The molecule has 0 aromatic heterocycles. The summed E-state index contributed by atoms with van der Waals surface area (Å²) in [5.74, 6) is -0.793. The Bertz CT molecular complexity index is 462. The van der Waals surface area contributed by atoms with Crippen molar-refractivity contribution in [1.29, 1.82) is 0 Å². The summed E-state index contributed by atoms with van der Waals surface area (Å²) in [5, 5.41) is 0. The van der Waals surface area contributed by atoms with Crippen LogP contribution < -0.4 is 5.48 Å². The monoisotopic (exact) mass is 279 g/mol. The van der Waals surface area contributed by atoms with Crippen molar-refractivity contribution in [2.75, 3.05) is 6.61 Å². The van der Waals surface area contributed by atoms with Crippen LogP contribution in [0.4, 0.5) is 0 Å². The van der Waals surface area contributed by atoms with Crippen LogP contribution in [0.3, 0.4) is 0 Å². The van der Waals surface area contributed by atoms with Crippen molar-refractivity contribution in [3.8, 4) is 0 Å². The van der Waals surface area contributed by atoms with Gasteiger partial charge < -0.3 is 14.3 Å². The quantitative estimate of drug-likeness (QED) is 0.649. The number of hydrogen-bond donors (Lipinski definition) is 1. The average Bonchev–Trinajstić information content (AvgIpc) is 2.91. The lowest BCUT2D eigenvalue weighted by molar-refractivity contribution is -0.159. The van der Waals surface area contributed by atoms with Gasteiger partial charge in [0.1, 0.15) is 12.8 Å². The Labute approximate surface area is 117 Å². The van der Waals surface area contributed by atoms with Crippen LogP contribution in [0.2, 0.25) is 0 Å². The van der Waals surface area contributed by atoms with Crippen molar-refractivity contribution >= 4 is 11.9 Å². The van der Waals surface area contributed by atoms with Gasteiger partial charge in [-0.2, -0.15) is 0 Å². The highest BCUT2D eigenvalue weighted by Gasteiger charge is 2.27. The van der Waals surface area contributed by atoms with E-state index in [0.29, 0.717) is 12.0 Å². The number of hydrogen-bond acceptors (Lipinski definition) is 6. The minimum absolute atomic E-state index is 0.185. The van der Waals surface area contributed by atoms with Crippen LogP contribution in [0.5, 0.6) is 0 Å². The van der Waals surface area contributed by atoms with Gasteiger partial charge in [0.15, 0.2) is 0 Å². The zero-order valence-corrected chi connectivity index (χ0v) is 11.2. The lowest BCUT2D eigenvalue weighted by Crippen LogP contribution is -2.31. The van der Waals surface area contributed by atoms with E-state index in [4.69, 9.17) is 9.47 Å². The maximum Gasteiger partial charge on any atom is 0.338 e. The largest absolute Gasteiger partial charge is 0.459 e. The fourth-order valence-corrected chi connectivity index (χ4v) is 1.89. The van der Waals surface area contributed by atoms with Gasteiger partial charge in [-0.25, -0.2) is 4.79 Å². The Kier molecular flexibility index (Phi) is 5.09. The first-order chi connectivity index (χ1) is 9.65. The Morgan fingerprint density at radius 3 is 2.75 bits per heavy atom. The zero-order chi connectivity index (χ0) is 14.4. The summed E-state index contributed by atoms with van der Waals surface area (Å²) < 4.78 is 10.7. The topological polar surface area (TPSA) is 73.9 Å². The van der Waals surface area contributed by atoms with Crippen molar-refractivity contribution in [2.24, 2.45) is 0 Å². The molecule has 1 unspecified atom stereocenters. The molecule has 1 aliphatic heterocycles. The number of ether oxygens (including phenoxy) is 2. The second-order valence-electron chi connectivity index (χ2n) is 4.50. The molecule has 0 amide bonds. The van der Waals surface area contributed by atoms with E-state index in [2.05, 4.69) is 10.3 Å². The molecule has 0 saturated carbocycles. The molecular formula is C14H17NO5. The lowest BCUT2D eigenvalue weighted by atomic mass is 10.2. The van der Waals surface area contributed by atoms with Gasteiger partial charge in [-0.05, 0) is 25.0 Å². The van der Waals surface area contributed by atoms with Gasteiger partial charge in [-0.1, -0.05) is 18.2 Å². The fourth-order valence-electron chi connectivity index (χ4n) is 1.89. The molecular weight excluding hydrogens is 262 g/mol. The van der Waals surface area contributed by atoms with Crippen LogP contribution in [0, 0.1) is 0 Å². The SMILES string of the molecule is CC(=O)ONC1CC[C@@H](COC(=O)c2ccccc2)O1. The highest BCUT2D eigenvalue weighted by Crippen LogP contribution is 2.18. The third-order valence-electron chi connectivity index (χ3n) is 2.85. The van der Waals surface area contributed by atoms with E-state index in [9.17, 15) is 9.59 Å². The van der Waals surface area contributed by atoms with E-state index in [1.165, 1.54) is 6.92 Å². The number of esters is 1. The summed E-state index contributed by atoms with van der Waals surface area (Å²) in [6, 6.07) is 8.79. The predicted molar refractivity (Wildman–Crippen MR) is 69.5 cm³/mol. The fraction of sp³-hybridized carbons (Fsp3) is 0.429. The van der Waals surface area contributed by atoms with Crippen molar-refractivity contribution in [1.82, 2.24) is 5.48 Å². The van der Waals surface area contributed by atoms with Crippen LogP contribution in [0.1, 0.15) is 30.1 Å². The molecule has 1 heterocycles. The molecule has 1 fully saturated rings. The first-order valence-electron chi connectivity index (χ1n) is 6.45. The average molecular weight is 279 g/mol. The van der Waals surface area contributed by atoms with E-state index < -0.39 is 5.97 Å². The van der Waals surface area contributed by atoms with Gasteiger partial charge in [0.2, 0.25) is 0 Å². The van der Waals surface area contributed by atoms with Crippen LogP contribution in [-0.2, 0) is 19.1 Å². The van der Waals surface area contributed by atoms with Crippen molar-refractivity contribution in [3.05, 3.63) is 35.9 Å².